The molecule has 1 heterocycles. The van der Waals surface area contributed by atoms with Crippen LogP contribution in [0.15, 0.2) is 102 Å². The van der Waals surface area contributed by atoms with Crippen LogP contribution in [0.2, 0.25) is 0 Å². The fourth-order valence-corrected chi connectivity index (χ4v) is 7.73. The monoisotopic (exact) mass is 547 g/mol. The Morgan fingerprint density at radius 2 is 1.61 bits per heavy atom. The second-order valence-corrected chi connectivity index (χ2v) is 12.8. The number of benzene rings is 4. The van der Waals surface area contributed by atoms with Crippen molar-refractivity contribution in [2.45, 2.75) is 28.9 Å². The molecule has 1 fully saturated rings. The van der Waals surface area contributed by atoms with Crippen LogP contribution in [0.25, 0.3) is 10.8 Å². The number of hydrogen-bond acceptors (Lipinski definition) is 5. The van der Waals surface area contributed by atoms with E-state index in [0.717, 1.165) is 34.3 Å². The predicted molar refractivity (Wildman–Crippen MR) is 155 cm³/mol. The molecule has 0 radical (unpaired) electrons. The zero-order chi connectivity index (χ0) is 26.4. The largest absolute Gasteiger partial charge is 0.497 e. The Hall–Kier alpha value is -2.84. The number of sulfonamides is 1. The standard InChI is InChI=1S/C31H33NO4S2/c1-35-29-14-11-25(12-15-29)23-37-31-17-18-32(20-28(31)22-36-21-24-7-3-2-4-8-24)38(33,34)30-16-13-26-9-5-6-10-27(26)19-30/h2-16,19,28,31H,17-18,20-23H2,1H3/t28-,31-/m1/s1. The molecule has 0 aliphatic carbocycles. The maximum atomic E-state index is 13.7. The summed E-state index contributed by atoms with van der Waals surface area (Å²) in [5, 5.41) is 2.27. The van der Waals surface area contributed by atoms with E-state index in [0.29, 0.717) is 36.4 Å². The molecule has 1 aliphatic heterocycles. The molecule has 4 aromatic carbocycles. The van der Waals surface area contributed by atoms with E-state index < -0.39 is 10.0 Å². The summed E-state index contributed by atoms with van der Waals surface area (Å²) < 4.78 is 40.4. The van der Waals surface area contributed by atoms with E-state index in [1.54, 1.807) is 23.5 Å². The van der Waals surface area contributed by atoms with Crippen molar-refractivity contribution in [1.29, 1.82) is 0 Å². The Balaban J connectivity index is 1.30. The van der Waals surface area contributed by atoms with Crippen molar-refractivity contribution in [3.63, 3.8) is 0 Å². The molecule has 38 heavy (non-hydrogen) atoms. The number of thioether (sulfide) groups is 1. The summed E-state index contributed by atoms with van der Waals surface area (Å²) in [5.74, 6) is 1.80. The van der Waals surface area contributed by atoms with Crippen LogP contribution in [0.3, 0.4) is 0 Å². The molecule has 0 bridgehead atoms. The molecule has 2 atom stereocenters. The molecule has 5 rings (SSSR count). The van der Waals surface area contributed by atoms with Gasteiger partial charge in [-0.05, 0) is 52.6 Å². The number of rotatable bonds is 10. The lowest BCUT2D eigenvalue weighted by molar-refractivity contribution is 0.0698. The van der Waals surface area contributed by atoms with Gasteiger partial charge < -0.3 is 9.47 Å². The maximum absolute atomic E-state index is 13.7. The molecule has 0 unspecified atom stereocenters. The zero-order valence-electron chi connectivity index (χ0n) is 21.5. The first-order valence-electron chi connectivity index (χ1n) is 12.9. The van der Waals surface area contributed by atoms with Gasteiger partial charge in [0.15, 0.2) is 0 Å². The lowest BCUT2D eigenvalue weighted by Gasteiger charge is -2.37. The third-order valence-electron chi connectivity index (χ3n) is 7.05. The summed E-state index contributed by atoms with van der Waals surface area (Å²) >= 11 is 1.89. The van der Waals surface area contributed by atoms with Gasteiger partial charge in [0.1, 0.15) is 5.75 Å². The summed E-state index contributed by atoms with van der Waals surface area (Å²) in [4.78, 5) is 0.351. The van der Waals surface area contributed by atoms with Crippen molar-refractivity contribution in [2.75, 3.05) is 26.8 Å². The first-order chi connectivity index (χ1) is 18.5. The molecule has 198 valence electrons. The van der Waals surface area contributed by atoms with Crippen LogP contribution in [-0.2, 0) is 27.1 Å². The van der Waals surface area contributed by atoms with Crippen molar-refractivity contribution in [2.24, 2.45) is 5.92 Å². The van der Waals surface area contributed by atoms with Gasteiger partial charge in [-0.15, -0.1) is 0 Å². The smallest absolute Gasteiger partial charge is 0.243 e. The van der Waals surface area contributed by atoms with Crippen LogP contribution in [0.4, 0.5) is 0 Å². The summed E-state index contributed by atoms with van der Waals surface area (Å²) in [7, 11) is -1.94. The number of fused-ring (bicyclic) bond motifs is 1. The lowest BCUT2D eigenvalue weighted by Crippen LogP contribution is -2.46. The van der Waals surface area contributed by atoms with Gasteiger partial charge in [0, 0.05) is 30.0 Å². The molecule has 7 heteroatoms. The minimum Gasteiger partial charge on any atom is -0.497 e. The first-order valence-corrected chi connectivity index (χ1v) is 15.4. The predicted octanol–water partition coefficient (Wildman–Crippen LogP) is 6.38. The molecule has 0 saturated carbocycles. The average Bonchev–Trinajstić information content (AvgIpc) is 2.97. The molecule has 5 nitrogen and oxygen atoms in total. The Bertz CT molecular complexity index is 1440. The minimum absolute atomic E-state index is 0.0888. The van der Waals surface area contributed by atoms with Crippen LogP contribution in [0, 0.1) is 5.92 Å². The Labute approximate surface area is 229 Å². The Morgan fingerprint density at radius 1 is 0.868 bits per heavy atom. The molecule has 0 amide bonds. The topological polar surface area (TPSA) is 55.8 Å². The van der Waals surface area contributed by atoms with Crippen molar-refractivity contribution < 1.29 is 17.9 Å². The van der Waals surface area contributed by atoms with Crippen molar-refractivity contribution in [1.82, 2.24) is 4.31 Å². The van der Waals surface area contributed by atoms with Gasteiger partial charge >= 0.3 is 0 Å². The van der Waals surface area contributed by atoms with Crippen LogP contribution in [-0.4, -0.2) is 44.8 Å². The quantitative estimate of drug-likeness (QED) is 0.231. The fraction of sp³-hybridized carbons (Fsp3) is 0.290. The normalized spacial score (nSPS) is 18.4. The summed E-state index contributed by atoms with van der Waals surface area (Å²) in [6.45, 7) is 1.98. The number of piperidine rings is 1. The van der Waals surface area contributed by atoms with Crippen molar-refractivity contribution >= 4 is 32.6 Å². The molecule has 0 aromatic heterocycles. The van der Waals surface area contributed by atoms with Gasteiger partial charge in [-0.2, -0.15) is 16.1 Å². The molecule has 4 aromatic rings. The minimum atomic E-state index is -3.61. The van der Waals surface area contributed by atoms with Gasteiger partial charge in [0.25, 0.3) is 0 Å². The zero-order valence-corrected chi connectivity index (χ0v) is 23.2. The number of ether oxygens (including phenoxy) is 2. The van der Waals surface area contributed by atoms with Gasteiger partial charge in [0.2, 0.25) is 10.0 Å². The molecule has 1 aliphatic rings. The van der Waals surface area contributed by atoms with Gasteiger partial charge in [-0.25, -0.2) is 8.42 Å². The van der Waals surface area contributed by atoms with Gasteiger partial charge in [-0.1, -0.05) is 72.8 Å². The van der Waals surface area contributed by atoms with E-state index in [4.69, 9.17) is 9.47 Å². The summed E-state index contributed by atoms with van der Waals surface area (Å²) in [6, 6.07) is 31.5. The summed E-state index contributed by atoms with van der Waals surface area (Å²) in [6.07, 6.45) is 0.785. The fourth-order valence-electron chi connectivity index (χ4n) is 4.88. The van der Waals surface area contributed by atoms with E-state index >= 15 is 0 Å². The van der Waals surface area contributed by atoms with Crippen molar-refractivity contribution in [3.8, 4) is 5.75 Å². The molecule has 0 N–H and O–H groups in total. The Kier molecular flexibility index (Phi) is 8.69. The maximum Gasteiger partial charge on any atom is 0.243 e. The number of nitrogens with zero attached hydrogens (tertiary/aromatic N) is 1. The van der Waals surface area contributed by atoms with E-state index in [-0.39, 0.29) is 5.92 Å². The van der Waals surface area contributed by atoms with Crippen LogP contribution in [0.5, 0.6) is 5.75 Å². The highest BCUT2D eigenvalue weighted by atomic mass is 32.2. The second-order valence-electron chi connectivity index (χ2n) is 9.62. The van der Waals surface area contributed by atoms with Crippen molar-refractivity contribution in [3.05, 3.63) is 108 Å². The third kappa shape index (κ3) is 6.41. The van der Waals surface area contributed by atoms with Crippen LogP contribution in [0.1, 0.15) is 17.5 Å². The highest BCUT2D eigenvalue weighted by molar-refractivity contribution is 7.99. The average molecular weight is 548 g/mol. The van der Waals surface area contributed by atoms with E-state index in [9.17, 15) is 8.42 Å². The van der Waals surface area contributed by atoms with E-state index in [2.05, 4.69) is 12.1 Å². The molecular weight excluding hydrogens is 514 g/mol. The van der Waals surface area contributed by atoms with Gasteiger partial charge in [-0.3, -0.25) is 0 Å². The second kappa shape index (κ2) is 12.3. The highest BCUT2D eigenvalue weighted by Gasteiger charge is 2.36. The first kappa shape index (κ1) is 26.8. The third-order valence-corrected chi connectivity index (χ3v) is 10.5. The van der Waals surface area contributed by atoms with Crippen LogP contribution < -0.4 is 4.74 Å². The lowest BCUT2D eigenvalue weighted by atomic mass is 10.00. The Morgan fingerprint density at radius 3 is 2.37 bits per heavy atom. The molecule has 0 spiro atoms. The van der Waals surface area contributed by atoms with E-state index in [1.165, 1.54) is 5.56 Å². The van der Waals surface area contributed by atoms with Crippen LogP contribution >= 0.6 is 11.8 Å². The SMILES string of the molecule is COc1ccc(CS[C@@H]2CCN(S(=O)(=O)c3ccc4ccccc4c3)C[C@@H]2COCc2ccccc2)cc1. The number of methoxy groups -OCH3 is 1. The molecular formula is C31H33NO4S2. The summed E-state index contributed by atoms with van der Waals surface area (Å²) in [5.41, 5.74) is 2.34. The number of hydrogen-bond donors (Lipinski definition) is 0. The van der Waals surface area contributed by atoms with E-state index in [1.807, 2.05) is 84.6 Å². The van der Waals surface area contributed by atoms with Gasteiger partial charge in [0.05, 0.1) is 25.2 Å². The highest BCUT2D eigenvalue weighted by Crippen LogP contribution is 2.34. The molecule has 1 saturated heterocycles.